The molecule has 0 saturated heterocycles. The molecule has 0 radical (unpaired) electrons. The lowest BCUT2D eigenvalue weighted by atomic mass is 10.0. The summed E-state index contributed by atoms with van der Waals surface area (Å²) in [4.78, 5) is 0. The number of benzene rings is 1. The second-order valence-corrected chi connectivity index (χ2v) is 5.58. The molecular formula is C13H10BrN3S. The molecule has 3 rings (SSSR count). The molecule has 0 unspecified atom stereocenters. The van der Waals surface area contributed by atoms with Crippen molar-refractivity contribution in [1.29, 1.82) is 0 Å². The largest absolute Gasteiger partial charge is 0.382 e. The number of aromatic nitrogens is 2. The van der Waals surface area contributed by atoms with Gasteiger partial charge in [-0.2, -0.15) is 16.4 Å². The molecule has 5 heteroatoms. The number of rotatable bonds is 2. The Balaban J connectivity index is 2.20. The van der Waals surface area contributed by atoms with E-state index in [1.807, 2.05) is 29.6 Å². The third-order valence-corrected chi connectivity index (χ3v) is 3.89. The van der Waals surface area contributed by atoms with Crippen molar-refractivity contribution < 1.29 is 0 Å². The van der Waals surface area contributed by atoms with E-state index in [1.165, 1.54) is 0 Å². The van der Waals surface area contributed by atoms with E-state index in [0.29, 0.717) is 5.82 Å². The van der Waals surface area contributed by atoms with Gasteiger partial charge in [-0.25, -0.2) is 0 Å². The quantitative estimate of drug-likeness (QED) is 0.745. The van der Waals surface area contributed by atoms with Crippen LogP contribution in [0, 0.1) is 0 Å². The molecule has 18 heavy (non-hydrogen) atoms. The summed E-state index contributed by atoms with van der Waals surface area (Å²) in [7, 11) is 0. The highest BCUT2D eigenvalue weighted by Crippen LogP contribution is 2.36. The van der Waals surface area contributed by atoms with Crippen molar-refractivity contribution in [3.8, 4) is 22.4 Å². The minimum absolute atomic E-state index is 0.523. The highest BCUT2D eigenvalue weighted by molar-refractivity contribution is 9.10. The Hall–Kier alpha value is -1.59. The Kier molecular flexibility index (Phi) is 2.93. The van der Waals surface area contributed by atoms with E-state index < -0.39 is 0 Å². The number of halogens is 1. The topological polar surface area (TPSA) is 54.7 Å². The van der Waals surface area contributed by atoms with Gasteiger partial charge in [-0.15, -0.1) is 0 Å². The molecule has 0 saturated carbocycles. The molecule has 3 N–H and O–H groups in total. The Morgan fingerprint density at radius 2 is 2.11 bits per heavy atom. The third kappa shape index (κ3) is 1.95. The number of hydrogen-bond acceptors (Lipinski definition) is 3. The zero-order chi connectivity index (χ0) is 12.5. The predicted octanol–water partition coefficient (Wildman–Crippen LogP) is 4.15. The molecule has 0 aliphatic rings. The zero-order valence-corrected chi connectivity index (χ0v) is 11.8. The Bertz CT molecular complexity index is 673. The molecule has 90 valence electrons. The van der Waals surface area contributed by atoms with E-state index in [1.54, 1.807) is 11.3 Å². The van der Waals surface area contributed by atoms with Gasteiger partial charge in [0.05, 0.1) is 11.3 Å². The molecule has 0 spiro atoms. The predicted molar refractivity (Wildman–Crippen MR) is 79.4 cm³/mol. The van der Waals surface area contributed by atoms with Gasteiger partial charge in [0.25, 0.3) is 0 Å². The van der Waals surface area contributed by atoms with E-state index in [9.17, 15) is 0 Å². The molecule has 0 fully saturated rings. The van der Waals surface area contributed by atoms with Crippen molar-refractivity contribution in [2.75, 3.05) is 5.73 Å². The van der Waals surface area contributed by atoms with E-state index in [2.05, 4.69) is 37.6 Å². The molecule has 1 aromatic carbocycles. The Labute approximate surface area is 117 Å². The van der Waals surface area contributed by atoms with Crippen LogP contribution in [0.25, 0.3) is 22.4 Å². The molecule has 2 aromatic heterocycles. The molecule has 0 atom stereocenters. The van der Waals surface area contributed by atoms with Gasteiger partial charge >= 0.3 is 0 Å². The fourth-order valence-corrected chi connectivity index (χ4v) is 2.95. The van der Waals surface area contributed by atoms with Crippen molar-refractivity contribution in [2.24, 2.45) is 0 Å². The minimum atomic E-state index is 0.523. The van der Waals surface area contributed by atoms with Crippen LogP contribution in [0.5, 0.6) is 0 Å². The van der Waals surface area contributed by atoms with Crippen LogP contribution in [0.2, 0.25) is 0 Å². The summed E-state index contributed by atoms with van der Waals surface area (Å²) in [6.07, 6.45) is 0. The number of H-pyrrole nitrogens is 1. The summed E-state index contributed by atoms with van der Waals surface area (Å²) in [6, 6.07) is 10.1. The highest BCUT2D eigenvalue weighted by atomic mass is 79.9. The lowest BCUT2D eigenvalue weighted by Gasteiger charge is -2.03. The maximum Gasteiger partial charge on any atom is 0.153 e. The number of hydrogen-bond donors (Lipinski definition) is 2. The van der Waals surface area contributed by atoms with Gasteiger partial charge in [0.2, 0.25) is 0 Å². The van der Waals surface area contributed by atoms with Crippen molar-refractivity contribution in [3.05, 3.63) is 45.6 Å². The monoisotopic (exact) mass is 319 g/mol. The maximum atomic E-state index is 5.98. The molecule has 3 aromatic rings. The second-order valence-electron chi connectivity index (χ2n) is 3.88. The molecule has 0 aliphatic heterocycles. The van der Waals surface area contributed by atoms with Crippen LogP contribution in [0.1, 0.15) is 0 Å². The SMILES string of the molecule is Nc1n[nH]c(-c2ccsc2)c1-c1cccc(Br)c1. The fraction of sp³-hybridized carbons (Fsp3) is 0. The van der Waals surface area contributed by atoms with Crippen LogP contribution < -0.4 is 5.73 Å². The minimum Gasteiger partial charge on any atom is -0.382 e. The van der Waals surface area contributed by atoms with Gasteiger partial charge in [0.1, 0.15) is 0 Å². The first kappa shape index (κ1) is 11.5. The molecule has 0 bridgehead atoms. The van der Waals surface area contributed by atoms with Crippen LogP contribution in [-0.4, -0.2) is 10.2 Å². The number of nitrogens with two attached hydrogens (primary N) is 1. The molecule has 2 heterocycles. The van der Waals surface area contributed by atoms with Crippen molar-refractivity contribution in [1.82, 2.24) is 10.2 Å². The van der Waals surface area contributed by atoms with Crippen LogP contribution in [0.4, 0.5) is 5.82 Å². The first-order valence-electron chi connectivity index (χ1n) is 5.38. The first-order valence-corrected chi connectivity index (χ1v) is 7.11. The Morgan fingerprint density at radius 3 is 2.83 bits per heavy atom. The molecule has 0 aliphatic carbocycles. The number of aromatic amines is 1. The zero-order valence-electron chi connectivity index (χ0n) is 9.35. The number of thiophene rings is 1. The maximum absolute atomic E-state index is 5.98. The summed E-state index contributed by atoms with van der Waals surface area (Å²) in [6.45, 7) is 0. The summed E-state index contributed by atoms with van der Waals surface area (Å²) in [5, 5.41) is 11.2. The van der Waals surface area contributed by atoms with Crippen LogP contribution in [0.15, 0.2) is 45.6 Å². The average molecular weight is 320 g/mol. The first-order chi connectivity index (χ1) is 8.75. The van der Waals surface area contributed by atoms with Gasteiger partial charge in [0, 0.05) is 15.4 Å². The van der Waals surface area contributed by atoms with Crippen molar-refractivity contribution in [2.45, 2.75) is 0 Å². The highest BCUT2D eigenvalue weighted by Gasteiger charge is 2.14. The standard InChI is InChI=1S/C13H10BrN3S/c14-10-3-1-2-8(6-10)11-12(16-17-13(11)15)9-4-5-18-7-9/h1-7H,(H3,15,16,17). The van der Waals surface area contributed by atoms with Crippen LogP contribution in [-0.2, 0) is 0 Å². The molecule has 0 amide bonds. The van der Waals surface area contributed by atoms with E-state index in [-0.39, 0.29) is 0 Å². The van der Waals surface area contributed by atoms with E-state index in [4.69, 9.17) is 5.73 Å². The molecular weight excluding hydrogens is 310 g/mol. The summed E-state index contributed by atoms with van der Waals surface area (Å²) in [5.41, 5.74) is 10.1. The van der Waals surface area contributed by atoms with E-state index >= 15 is 0 Å². The average Bonchev–Trinajstić information content (AvgIpc) is 2.97. The summed E-state index contributed by atoms with van der Waals surface area (Å²) in [5.74, 6) is 0.523. The fourth-order valence-electron chi connectivity index (χ4n) is 1.91. The van der Waals surface area contributed by atoms with Gasteiger partial charge < -0.3 is 5.73 Å². The smallest absolute Gasteiger partial charge is 0.153 e. The summed E-state index contributed by atoms with van der Waals surface area (Å²) >= 11 is 5.13. The van der Waals surface area contributed by atoms with Crippen LogP contribution in [0.3, 0.4) is 0 Å². The van der Waals surface area contributed by atoms with E-state index in [0.717, 1.165) is 26.9 Å². The third-order valence-electron chi connectivity index (χ3n) is 2.72. The lowest BCUT2D eigenvalue weighted by Crippen LogP contribution is -1.88. The molecule has 3 nitrogen and oxygen atoms in total. The normalized spacial score (nSPS) is 10.7. The van der Waals surface area contributed by atoms with Gasteiger partial charge in [-0.3, -0.25) is 5.10 Å². The van der Waals surface area contributed by atoms with Crippen LogP contribution >= 0.6 is 27.3 Å². The number of nitrogen functional groups attached to an aromatic ring is 1. The summed E-state index contributed by atoms with van der Waals surface area (Å²) < 4.78 is 1.02. The lowest BCUT2D eigenvalue weighted by molar-refractivity contribution is 1.10. The second kappa shape index (κ2) is 4.59. The van der Waals surface area contributed by atoms with Gasteiger partial charge in [-0.1, -0.05) is 28.1 Å². The number of anilines is 1. The number of nitrogens with one attached hydrogen (secondary N) is 1. The number of nitrogens with zero attached hydrogens (tertiary/aromatic N) is 1. The van der Waals surface area contributed by atoms with Gasteiger partial charge in [-0.05, 0) is 29.1 Å². The van der Waals surface area contributed by atoms with Crippen molar-refractivity contribution in [3.63, 3.8) is 0 Å². The Morgan fingerprint density at radius 1 is 1.22 bits per heavy atom. The van der Waals surface area contributed by atoms with Crippen molar-refractivity contribution >= 4 is 33.1 Å². The van der Waals surface area contributed by atoms with Gasteiger partial charge in [0.15, 0.2) is 5.82 Å².